The fraction of sp³-hybridized carbons (Fsp3) is 0.923. The molecule has 100 valence electrons. The predicted molar refractivity (Wildman–Crippen MR) is 68.0 cm³/mol. The highest BCUT2D eigenvalue weighted by Gasteiger charge is 2.52. The lowest BCUT2D eigenvalue weighted by Gasteiger charge is -2.53. The number of nitriles is 1. The van der Waals surface area contributed by atoms with Gasteiger partial charge in [-0.15, -0.1) is 0 Å². The lowest BCUT2D eigenvalue weighted by atomic mass is 9.56. The van der Waals surface area contributed by atoms with Gasteiger partial charge in [0.1, 0.15) is 0 Å². The molecule has 0 amide bonds. The van der Waals surface area contributed by atoms with Crippen LogP contribution < -0.4 is 4.72 Å². The topological polar surface area (TPSA) is 70.0 Å². The predicted octanol–water partition coefficient (Wildman–Crippen LogP) is 1.64. The van der Waals surface area contributed by atoms with Gasteiger partial charge >= 0.3 is 0 Å². The molecule has 0 aliphatic heterocycles. The van der Waals surface area contributed by atoms with Gasteiger partial charge in [-0.2, -0.15) is 5.26 Å². The van der Waals surface area contributed by atoms with E-state index in [1.807, 2.05) is 6.07 Å². The van der Waals surface area contributed by atoms with Crippen molar-refractivity contribution in [2.45, 2.75) is 43.8 Å². The number of rotatable bonds is 4. The van der Waals surface area contributed by atoms with Crippen molar-refractivity contribution in [3.05, 3.63) is 0 Å². The molecule has 1 N–H and O–H groups in total. The summed E-state index contributed by atoms with van der Waals surface area (Å²) >= 11 is 0. The van der Waals surface area contributed by atoms with Crippen LogP contribution in [-0.2, 0) is 10.0 Å². The van der Waals surface area contributed by atoms with Crippen LogP contribution in [0.4, 0.5) is 0 Å². The summed E-state index contributed by atoms with van der Waals surface area (Å²) < 4.78 is 27.4. The second-order valence-corrected chi connectivity index (χ2v) is 8.17. The maximum atomic E-state index is 12.4. The van der Waals surface area contributed by atoms with Crippen molar-refractivity contribution in [2.24, 2.45) is 23.7 Å². The Balaban J connectivity index is 1.74. The lowest BCUT2D eigenvalue weighted by molar-refractivity contribution is 0.0234. The molecule has 0 unspecified atom stereocenters. The summed E-state index contributed by atoms with van der Waals surface area (Å²) in [6.07, 6.45) is 6.02. The van der Waals surface area contributed by atoms with E-state index in [0.29, 0.717) is 11.8 Å². The third kappa shape index (κ3) is 2.06. The van der Waals surface area contributed by atoms with Crippen molar-refractivity contribution in [3.8, 4) is 6.07 Å². The van der Waals surface area contributed by atoms with Gasteiger partial charge in [0.05, 0.1) is 11.3 Å². The Morgan fingerprint density at radius 3 is 2.11 bits per heavy atom. The molecule has 4 saturated carbocycles. The van der Waals surface area contributed by atoms with Gasteiger partial charge in [0.15, 0.2) is 0 Å². The smallest absolute Gasteiger partial charge is 0.214 e. The summed E-state index contributed by atoms with van der Waals surface area (Å²) in [6, 6.07) is 1.98. The Morgan fingerprint density at radius 1 is 1.06 bits per heavy atom. The van der Waals surface area contributed by atoms with E-state index in [9.17, 15) is 8.42 Å². The van der Waals surface area contributed by atoms with Crippen molar-refractivity contribution in [2.75, 3.05) is 6.54 Å². The Labute approximate surface area is 109 Å². The molecule has 0 aromatic rings. The zero-order valence-electron chi connectivity index (χ0n) is 10.5. The SMILES string of the molecule is N#CCCNS(=O)(=O)C1C2CC3CC(C2)CC1C3. The molecule has 4 aliphatic rings. The summed E-state index contributed by atoms with van der Waals surface area (Å²) in [7, 11) is -3.22. The molecule has 4 bridgehead atoms. The largest absolute Gasteiger partial charge is 0.215 e. The van der Waals surface area contributed by atoms with E-state index in [1.54, 1.807) is 0 Å². The molecule has 0 aromatic carbocycles. The average Bonchev–Trinajstić information content (AvgIpc) is 2.27. The van der Waals surface area contributed by atoms with Crippen molar-refractivity contribution in [3.63, 3.8) is 0 Å². The average molecular weight is 268 g/mol. The second kappa shape index (κ2) is 4.50. The van der Waals surface area contributed by atoms with E-state index in [2.05, 4.69) is 4.72 Å². The summed E-state index contributed by atoms with van der Waals surface area (Å²) in [6.45, 7) is 0.266. The summed E-state index contributed by atoms with van der Waals surface area (Å²) in [5.41, 5.74) is 0. The third-order valence-electron chi connectivity index (χ3n) is 5.04. The highest BCUT2D eigenvalue weighted by Crippen LogP contribution is 2.55. The molecule has 0 spiro atoms. The van der Waals surface area contributed by atoms with Crippen LogP contribution in [0.25, 0.3) is 0 Å². The molecule has 0 radical (unpaired) electrons. The standard InChI is InChI=1S/C13H20N2O2S/c14-2-1-3-15-18(16,17)13-11-5-9-4-10(7-11)8-12(13)6-9/h9-13,15H,1,3-8H2. The van der Waals surface area contributed by atoms with Crippen molar-refractivity contribution in [1.82, 2.24) is 4.72 Å². The quantitative estimate of drug-likeness (QED) is 0.788. The van der Waals surface area contributed by atoms with Crippen molar-refractivity contribution >= 4 is 10.0 Å². The molecule has 0 atom stereocenters. The Kier molecular flexibility index (Phi) is 3.11. The van der Waals surface area contributed by atoms with Crippen LogP contribution in [-0.4, -0.2) is 20.2 Å². The maximum absolute atomic E-state index is 12.4. The fourth-order valence-corrected chi connectivity index (χ4v) is 6.76. The number of hydrogen-bond acceptors (Lipinski definition) is 3. The van der Waals surface area contributed by atoms with Crippen molar-refractivity contribution in [1.29, 1.82) is 5.26 Å². The van der Waals surface area contributed by atoms with Crippen LogP contribution in [0.15, 0.2) is 0 Å². The molecule has 4 nitrogen and oxygen atoms in total. The minimum Gasteiger partial charge on any atom is -0.214 e. The first kappa shape index (κ1) is 12.4. The van der Waals surface area contributed by atoms with E-state index in [4.69, 9.17) is 5.26 Å². The van der Waals surface area contributed by atoms with Gasteiger partial charge in [-0.25, -0.2) is 13.1 Å². The van der Waals surface area contributed by atoms with Crippen LogP contribution in [0, 0.1) is 35.0 Å². The first-order valence-electron chi connectivity index (χ1n) is 6.95. The van der Waals surface area contributed by atoms with E-state index in [0.717, 1.165) is 37.5 Å². The van der Waals surface area contributed by atoms with Gasteiger partial charge in [0.25, 0.3) is 0 Å². The molecule has 0 aromatic heterocycles. The summed E-state index contributed by atoms with van der Waals surface area (Å²) in [5, 5.41) is 8.31. The Morgan fingerprint density at radius 2 is 1.61 bits per heavy atom. The first-order valence-corrected chi connectivity index (χ1v) is 8.50. The van der Waals surface area contributed by atoms with E-state index < -0.39 is 10.0 Å². The Hall–Kier alpha value is -0.600. The molecular weight excluding hydrogens is 248 g/mol. The zero-order chi connectivity index (χ0) is 12.8. The molecule has 0 heterocycles. The second-order valence-electron chi connectivity index (χ2n) is 6.24. The molecule has 18 heavy (non-hydrogen) atoms. The minimum atomic E-state index is -3.22. The van der Waals surface area contributed by atoms with E-state index in [1.165, 1.54) is 6.42 Å². The zero-order valence-corrected chi connectivity index (χ0v) is 11.3. The Bertz CT molecular complexity index is 438. The third-order valence-corrected chi connectivity index (χ3v) is 7.13. The highest BCUT2D eigenvalue weighted by molar-refractivity contribution is 7.90. The fourth-order valence-electron chi connectivity index (χ4n) is 4.73. The van der Waals surface area contributed by atoms with Crippen LogP contribution in [0.3, 0.4) is 0 Å². The monoisotopic (exact) mass is 268 g/mol. The molecular formula is C13H20N2O2S. The minimum absolute atomic E-state index is 0.177. The number of sulfonamides is 1. The van der Waals surface area contributed by atoms with Gasteiger partial charge in [-0.1, -0.05) is 0 Å². The highest BCUT2D eigenvalue weighted by atomic mass is 32.2. The van der Waals surface area contributed by atoms with Gasteiger partial charge in [-0.3, -0.25) is 0 Å². The summed E-state index contributed by atoms with van der Waals surface area (Å²) in [5.74, 6) is 2.33. The van der Waals surface area contributed by atoms with Gasteiger partial charge in [-0.05, 0) is 55.8 Å². The molecule has 5 heteroatoms. The van der Waals surface area contributed by atoms with Gasteiger partial charge in [0.2, 0.25) is 10.0 Å². The van der Waals surface area contributed by atoms with E-state index in [-0.39, 0.29) is 18.2 Å². The van der Waals surface area contributed by atoms with Crippen LogP contribution in [0.5, 0.6) is 0 Å². The van der Waals surface area contributed by atoms with Gasteiger partial charge in [0, 0.05) is 13.0 Å². The van der Waals surface area contributed by atoms with Crippen LogP contribution in [0.1, 0.15) is 38.5 Å². The summed E-state index contributed by atoms with van der Waals surface area (Å²) in [4.78, 5) is 0. The first-order chi connectivity index (χ1) is 8.60. The van der Waals surface area contributed by atoms with Crippen LogP contribution in [0.2, 0.25) is 0 Å². The number of nitrogens with zero attached hydrogens (tertiary/aromatic N) is 1. The maximum Gasteiger partial charge on any atom is 0.215 e. The lowest BCUT2D eigenvalue weighted by Crippen LogP contribution is -2.54. The number of nitrogens with one attached hydrogen (secondary N) is 1. The molecule has 4 aliphatic carbocycles. The number of hydrogen-bond donors (Lipinski definition) is 1. The molecule has 0 saturated heterocycles. The van der Waals surface area contributed by atoms with Gasteiger partial charge < -0.3 is 0 Å². The van der Waals surface area contributed by atoms with Crippen molar-refractivity contribution < 1.29 is 8.42 Å². The normalized spacial score (nSPS) is 41.8. The molecule has 4 fully saturated rings. The van der Waals surface area contributed by atoms with E-state index >= 15 is 0 Å². The van der Waals surface area contributed by atoms with Crippen LogP contribution >= 0.6 is 0 Å². The molecule has 4 rings (SSSR count).